The molecule has 0 aliphatic carbocycles. The number of amides is 3. The molecule has 2 aromatic rings. The zero-order valence-corrected chi connectivity index (χ0v) is 18.6. The second-order valence-corrected chi connectivity index (χ2v) is 9.24. The summed E-state index contributed by atoms with van der Waals surface area (Å²) in [4.78, 5) is 27.7. The fourth-order valence-corrected chi connectivity index (χ4v) is 3.78. The minimum atomic E-state index is -0.859. The van der Waals surface area contributed by atoms with Crippen LogP contribution in [0.2, 0.25) is 0 Å². The highest BCUT2D eigenvalue weighted by Crippen LogP contribution is 2.22. The summed E-state index contributed by atoms with van der Waals surface area (Å²) in [6, 6.07) is 11.3. The standard InChI is InChI=1S/C24H30F2N4O2/c1-24(2,3)21(29-23(32)28-20-13-17(25)9-10-19(20)26)22(31)27-18-11-12-30(15-18)14-16-7-5-4-6-8-16/h4-10,13,18,21H,11-12,14-15H2,1-3H3,(H,27,31)(H2,28,29,32). The number of urea groups is 1. The van der Waals surface area contributed by atoms with Crippen LogP contribution in [0.15, 0.2) is 48.5 Å². The van der Waals surface area contributed by atoms with Crippen LogP contribution in [0.5, 0.6) is 0 Å². The van der Waals surface area contributed by atoms with Crippen LogP contribution in [-0.4, -0.2) is 42.0 Å². The highest BCUT2D eigenvalue weighted by atomic mass is 19.1. The van der Waals surface area contributed by atoms with E-state index in [4.69, 9.17) is 0 Å². The first-order valence-electron chi connectivity index (χ1n) is 10.7. The molecule has 2 unspecified atom stereocenters. The van der Waals surface area contributed by atoms with Crippen molar-refractivity contribution in [1.82, 2.24) is 15.5 Å². The molecule has 1 heterocycles. The molecule has 3 amide bonds. The van der Waals surface area contributed by atoms with Gasteiger partial charge in [0, 0.05) is 31.7 Å². The Morgan fingerprint density at radius 1 is 1.12 bits per heavy atom. The Bertz CT molecular complexity index is 947. The molecule has 1 aliphatic heterocycles. The van der Waals surface area contributed by atoms with Crippen molar-refractivity contribution in [3.05, 3.63) is 65.7 Å². The number of likely N-dealkylation sites (tertiary alicyclic amines) is 1. The summed E-state index contributed by atoms with van der Waals surface area (Å²) in [5, 5.41) is 7.93. The Labute approximate surface area is 187 Å². The van der Waals surface area contributed by atoms with Crippen LogP contribution in [0.1, 0.15) is 32.8 Å². The third-order valence-corrected chi connectivity index (χ3v) is 5.45. The second kappa shape index (κ2) is 10.1. The van der Waals surface area contributed by atoms with Gasteiger partial charge in [0.05, 0.1) is 5.69 Å². The fraction of sp³-hybridized carbons (Fsp3) is 0.417. The maximum absolute atomic E-state index is 13.8. The molecule has 1 saturated heterocycles. The Morgan fingerprint density at radius 2 is 1.84 bits per heavy atom. The Morgan fingerprint density at radius 3 is 2.53 bits per heavy atom. The van der Waals surface area contributed by atoms with E-state index >= 15 is 0 Å². The molecule has 0 radical (unpaired) electrons. The van der Waals surface area contributed by atoms with E-state index in [0.717, 1.165) is 44.3 Å². The molecule has 172 valence electrons. The van der Waals surface area contributed by atoms with Gasteiger partial charge < -0.3 is 16.0 Å². The number of carbonyl (C=O) groups is 2. The number of rotatable bonds is 6. The van der Waals surface area contributed by atoms with E-state index in [1.54, 1.807) is 0 Å². The summed E-state index contributed by atoms with van der Waals surface area (Å²) in [5.74, 6) is -1.74. The van der Waals surface area contributed by atoms with Gasteiger partial charge in [-0.3, -0.25) is 9.69 Å². The highest BCUT2D eigenvalue weighted by molar-refractivity contribution is 5.94. The summed E-state index contributed by atoms with van der Waals surface area (Å²) < 4.78 is 27.2. The molecule has 3 rings (SSSR count). The minimum Gasteiger partial charge on any atom is -0.350 e. The van der Waals surface area contributed by atoms with Gasteiger partial charge in [0.1, 0.15) is 17.7 Å². The first-order chi connectivity index (χ1) is 15.1. The number of halogens is 2. The monoisotopic (exact) mass is 444 g/mol. The van der Waals surface area contributed by atoms with Gasteiger partial charge in [0.2, 0.25) is 5.91 Å². The number of benzene rings is 2. The van der Waals surface area contributed by atoms with Crippen LogP contribution in [0.3, 0.4) is 0 Å². The molecular weight excluding hydrogens is 414 g/mol. The molecule has 2 aromatic carbocycles. The Balaban J connectivity index is 1.58. The van der Waals surface area contributed by atoms with Crippen LogP contribution in [0, 0.1) is 17.0 Å². The predicted molar refractivity (Wildman–Crippen MR) is 120 cm³/mol. The van der Waals surface area contributed by atoms with Crippen LogP contribution < -0.4 is 16.0 Å². The van der Waals surface area contributed by atoms with Crippen LogP contribution in [-0.2, 0) is 11.3 Å². The molecule has 32 heavy (non-hydrogen) atoms. The number of nitrogens with one attached hydrogen (secondary N) is 3. The second-order valence-electron chi connectivity index (χ2n) is 9.24. The summed E-state index contributed by atoms with van der Waals surface area (Å²) >= 11 is 0. The quantitative estimate of drug-likeness (QED) is 0.633. The number of hydrogen-bond acceptors (Lipinski definition) is 3. The SMILES string of the molecule is CC(C)(C)C(NC(=O)Nc1cc(F)ccc1F)C(=O)NC1CCN(Cc2ccccc2)C1. The van der Waals surface area contributed by atoms with E-state index in [2.05, 4.69) is 33.0 Å². The summed E-state index contributed by atoms with van der Waals surface area (Å²) in [6.07, 6.45) is 0.816. The minimum absolute atomic E-state index is 0.0263. The number of nitrogens with zero attached hydrogens (tertiary/aromatic N) is 1. The lowest BCUT2D eigenvalue weighted by molar-refractivity contribution is -0.125. The molecule has 1 fully saturated rings. The van der Waals surface area contributed by atoms with E-state index in [1.165, 1.54) is 5.56 Å². The first kappa shape index (κ1) is 23.7. The van der Waals surface area contributed by atoms with Crippen molar-refractivity contribution in [2.24, 2.45) is 5.41 Å². The molecule has 0 aromatic heterocycles. The van der Waals surface area contributed by atoms with Crippen molar-refractivity contribution < 1.29 is 18.4 Å². The summed E-state index contributed by atoms with van der Waals surface area (Å²) in [7, 11) is 0. The maximum atomic E-state index is 13.8. The molecule has 0 spiro atoms. The van der Waals surface area contributed by atoms with E-state index in [-0.39, 0.29) is 17.6 Å². The number of anilines is 1. The zero-order chi connectivity index (χ0) is 23.3. The summed E-state index contributed by atoms with van der Waals surface area (Å²) in [5.41, 5.74) is 0.336. The Kier molecular flexibility index (Phi) is 7.45. The average molecular weight is 445 g/mol. The van der Waals surface area contributed by atoms with Gasteiger partial charge in [-0.15, -0.1) is 0 Å². The van der Waals surface area contributed by atoms with Crippen molar-refractivity contribution >= 4 is 17.6 Å². The molecule has 6 nitrogen and oxygen atoms in total. The third-order valence-electron chi connectivity index (χ3n) is 5.45. The van der Waals surface area contributed by atoms with Crippen LogP contribution >= 0.6 is 0 Å². The maximum Gasteiger partial charge on any atom is 0.319 e. The van der Waals surface area contributed by atoms with Gasteiger partial charge in [-0.05, 0) is 29.5 Å². The predicted octanol–water partition coefficient (Wildman–Crippen LogP) is 3.89. The molecule has 0 saturated carbocycles. The summed E-state index contributed by atoms with van der Waals surface area (Å²) in [6.45, 7) is 7.89. The molecule has 3 N–H and O–H groups in total. The normalized spacial score (nSPS) is 17.6. The number of carbonyl (C=O) groups excluding carboxylic acids is 2. The van der Waals surface area contributed by atoms with E-state index in [1.807, 2.05) is 39.0 Å². The van der Waals surface area contributed by atoms with Crippen LogP contribution in [0.25, 0.3) is 0 Å². The van der Waals surface area contributed by atoms with Crippen molar-refractivity contribution in [3.8, 4) is 0 Å². The molecule has 8 heteroatoms. The zero-order valence-electron chi connectivity index (χ0n) is 18.6. The molecule has 0 bridgehead atoms. The fourth-order valence-electron chi connectivity index (χ4n) is 3.78. The van der Waals surface area contributed by atoms with E-state index in [9.17, 15) is 18.4 Å². The molecular formula is C24H30F2N4O2. The smallest absolute Gasteiger partial charge is 0.319 e. The first-order valence-corrected chi connectivity index (χ1v) is 10.7. The van der Waals surface area contributed by atoms with Gasteiger partial charge in [-0.2, -0.15) is 0 Å². The molecule has 2 atom stereocenters. The lowest BCUT2D eigenvalue weighted by Gasteiger charge is -2.31. The van der Waals surface area contributed by atoms with Crippen molar-refractivity contribution in [3.63, 3.8) is 0 Å². The highest BCUT2D eigenvalue weighted by Gasteiger charge is 2.35. The van der Waals surface area contributed by atoms with Crippen molar-refractivity contribution in [2.75, 3.05) is 18.4 Å². The molecule has 1 aliphatic rings. The van der Waals surface area contributed by atoms with Crippen LogP contribution in [0.4, 0.5) is 19.3 Å². The van der Waals surface area contributed by atoms with E-state index < -0.39 is 29.1 Å². The van der Waals surface area contributed by atoms with Gasteiger partial charge in [0.25, 0.3) is 0 Å². The lowest BCUT2D eigenvalue weighted by atomic mass is 9.86. The lowest BCUT2D eigenvalue weighted by Crippen LogP contribution is -2.56. The van der Waals surface area contributed by atoms with Gasteiger partial charge in [-0.25, -0.2) is 13.6 Å². The largest absolute Gasteiger partial charge is 0.350 e. The third kappa shape index (κ3) is 6.50. The number of hydrogen-bond donors (Lipinski definition) is 3. The topological polar surface area (TPSA) is 73.5 Å². The Hall–Kier alpha value is -3.00. The average Bonchev–Trinajstić information content (AvgIpc) is 3.15. The van der Waals surface area contributed by atoms with Gasteiger partial charge in [-0.1, -0.05) is 51.1 Å². The van der Waals surface area contributed by atoms with Gasteiger partial charge in [0.15, 0.2) is 0 Å². The van der Waals surface area contributed by atoms with E-state index in [0.29, 0.717) is 0 Å². The van der Waals surface area contributed by atoms with Crippen molar-refractivity contribution in [2.45, 2.75) is 45.8 Å². The van der Waals surface area contributed by atoms with Gasteiger partial charge >= 0.3 is 6.03 Å². The van der Waals surface area contributed by atoms with Crippen molar-refractivity contribution in [1.29, 1.82) is 0 Å².